The fourth-order valence-electron chi connectivity index (χ4n) is 1.23. The summed E-state index contributed by atoms with van der Waals surface area (Å²) in [5, 5.41) is 0. The van der Waals surface area contributed by atoms with Crippen LogP contribution in [0.3, 0.4) is 0 Å². The van der Waals surface area contributed by atoms with Crippen LogP contribution in [0.4, 0.5) is 0 Å². The van der Waals surface area contributed by atoms with Crippen molar-refractivity contribution in [2.24, 2.45) is 0 Å². The van der Waals surface area contributed by atoms with Crippen LogP contribution in [0, 0.1) is 0 Å². The smallest absolute Gasteiger partial charge is 0.0617 e. The molecule has 0 aliphatic carbocycles. The first-order chi connectivity index (χ1) is 5.38. The lowest BCUT2D eigenvalue weighted by Gasteiger charge is -2.09. The molecule has 0 amide bonds. The Balaban J connectivity index is 2.74. The van der Waals surface area contributed by atoms with Crippen molar-refractivity contribution in [1.82, 2.24) is 9.97 Å². The molecule has 0 aliphatic heterocycles. The van der Waals surface area contributed by atoms with Gasteiger partial charge in [0.05, 0.1) is 5.69 Å². The van der Waals surface area contributed by atoms with E-state index in [1.807, 2.05) is 6.20 Å². The van der Waals surface area contributed by atoms with Gasteiger partial charge in [-0.3, -0.25) is 9.97 Å². The Labute approximate surface area is 67.7 Å². The number of hydrogen-bond donors (Lipinski definition) is 0. The van der Waals surface area contributed by atoms with Gasteiger partial charge in [-0.15, -0.1) is 0 Å². The first-order valence-electron chi connectivity index (χ1n) is 4.14. The Hall–Kier alpha value is -0.920. The largest absolute Gasteiger partial charge is 0.261 e. The van der Waals surface area contributed by atoms with E-state index in [0.29, 0.717) is 5.92 Å². The molecule has 0 unspecified atom stereocenters. The van der Waals surface area contributed by atoms with Gasteiger partial charge < -0.3 is 0 Å². The van der Waals surface area contributed by atoms with Crippen molar-refractivity contribution in [3.05, 3.63) is 24.3 Å². The van der Waals surface area contributed by atoms with E-state index in [0.717, 1.165) is 18.5 Å². The van der Waals surface area contributed by atoms with E-state index in [9.17, 15) is 0 Å². The standard InChI is InChI=1S/C9H14N2/c1-3-8(4-2)9-7-10-5-6-11-9/h5-8H,3-4H2,1-2H3. The van der Waals surface area contributed by atoms with Gasteiger partial charge in [0, 0.05) is 24.5 Å². The minimum atomic E-state index is 0.587. The summed E-state index contributed by atoms with van der Waals surface area (Å²) in [6, 6.07) is 0. The highest BCUT2D eigenvalue weighted by Crippen LogP contribution is 2.18. The van der Waals surface area contributed by atoms with E-state index < -0.39 is 0 Å². The number of rotatable bonds is 3. The van der Waals surface area contributed by atoms with Gasteiger partial charge >= 0.3 is 0 Å². The molecule has 0 atom stereocenters. The highest BCUT2D eigenvalue weighted by Gasteiger charge is 2.06. The number of aromatic nitrogens is 2. The van der Waals surface area contributed by atoms with Crippen molar-refractivity contribution in [1.29, 1.82) is 0 Å². The summed E-state index contributed by atoms with van der Waals surface area (Å²) in [7, 11) is 0. The molecule has 0 fully saturated rings. The van der Waals surface area contributed by atoms with Crippen LogP contribution < -0.4 is 0 Å². The molecule has 0 spiro atoms. The molecular formula is C9H14N2. The minimum absolute atomic E-state index is 0.587. The topological polar surface area (TPSA) is 25.8 Å². The lowest BCUT2D eigenvalue weighted by atomic mass is 10.0. The van der Waals surface area contributed by atoms with Crippen LogP contribution in [0.2, 0.25) is 0 Å². The Kier molecular flexibility index (Phi) is 3.02. The minimum Gasteiger partial charge on any atom is -0.261 e. The zero-order chi connectivity index (χ0) is 8.10. The second-order valence-corrected chi connectivity index (χ2v) is 2.64. The first-order valence-corrected chi connectivity index (χ1v) is 4.14. The molecular weight excluding hydrogens is 136 g/mol. The maximum atomic E-state index is 4.26. The van der Waals surface area contributed by atoms with E-state index in [4.69, 9.17) is 0 Å². The van der Waals surface area contributed by atoms with Gasteiger partial charge in [-0.25, -0.2) is 0 Å². The molecule has 0 bridgehead atoms. The summed E-state index contributed by atoms with van der Waals surface area (Å²) in [5.74, 6) is 0.587. The number of nitrogens with zero attached hydrogens (tertiary/aromatic N) is 2. The van der Waals surface area contributed by atoms with Crippen molar-refractivity contribution in [3.8, 4) is 0 Å². The van der Waals surface area contributed by atoms with Crippen LogP contribution in [0.5, 0.6) is 0 Å². The van der Waals surface area contributed by atoms with E-state index in [2.05, 4.69) is 23.8 Å². The average Bonchev–Trinajstić information content (AvgIpc) is 2.09. The summed E-state index contributed by atoms with van der Waals surface area (Å²) in [4.78, 5) is 8.30. The summed E-state index contributed by atoms with van der Waals surface area (Å²) < 4.78 is 0. The Bertz CT molecular complexity index is 192. The first kappa shape index (κ1) is 8.18. The van der Waals surface area contributed by atoms with Crippen LogP contribution in [-0.2, 0) is 0 Å². The normalized spacial score (nSPS) is 10.5. The van der Waals surface area contributed by atoms with Crippen LogP contribution in [0.1, 0.15) is 38.3 Å². The van der Waals surface area contributed by atoms with E-state index in [1.165, 1.54) is 0 Å². The average molecular weight is 150 g/mol. The van der Waals surface area contributed by atoms with Gasteiger partial charge in [0.15, 0.2) is 0 Å². The van der Waals surface area contributed by atoms with Gasteiger partial charge in [0.1, 0.15) is 0 Å². The Morgan fingerprint density at radius 3 is 2.45 bits per heavy atom. The zero-order valence-electron chi connectivity index (χ0n) is 7.12. The van der Waals surface area contributed by atoms with Crippen molar-refractivity contribution < 1.29 is 0 Å². The third kappa shape index (κ3) is 2.00. The molecule has 0 aromatic carbocycles. The molecule has 2 nitrogen and oxygen atoms in total. The summed E-state index contributed by atoms with van der Waals surface area (Å²) >= 11 is 0. The second kappa shape index (κ2) is 4.06. The zero-order valence-corrected chi connectivity index (χ0v) is 7.12. The summed E-state index contributed by atoms with van der Waals surface area (Å²) in [6.45, 7) is 4.37. The van der Waals surface area contributed by atoms with Gasteiger partial charge in [-0.05, 0) is 12.8 Å². The van der Waals surface area contributed by atoms with Crippen molar-refractivity contribution in [2.75, 3.05) is 0 Å². The molecule has 0 saturated carbocycles. The van der Waals surface area contributed by atoms with E-state index >= 15 is 0 Å². The predicted octanol–water partition coefficient (Wildman–Crippen LogP) is 2.38. The lowest BCUT2D eigenvalue weighted by Crippen LogP contribution is -1.98. The lowest BCUT2D eigenvalue weighted by molar-refractivity contribution is 0.620. The van der Waals surface area contributed by atoms with Gasteiger partial charge in [0.25, 0.3) is 0 Å². The second-order valence-electron chi connectivity index (χ2n) is 2.64. The predicted molar refractivity (Wildman–Crippen MR) is 45.4 cm³/mol. The third-order valence-corrected chi connectivity index (χ3v) is 1.99. The fourth-order valence-corrected chi connectivity index (χ4v) is 1.23. The highest BCUT2D eigenvalue weighted by molar-refractivity contribution is 5.02. The van der Waals surface area contributed by atoms with Gasteiger partial charge in [-0.1, -0.05) is 13.8 Å². The number of hydrogen-bond acceptors (Lipinski definition) is 2. The maximum Gasteiger partial charge on any atom is 0.0617 e. The maximum absolute atomic E-state index is 4.26. The molecule has 0 saturated heterocycles. The molecule has 1 heterocycles. The molecule has 2 heteroatoms. The summed E-state index contributed by atoms with van der Waals surface area (Å²) in [5.41, 5.74) is 1.12. The molecule has 1 aromatic heterocycles. The SMILES string of the molecule is CCC(CC)c1cnccn1. The molecule has 0 radical (unpaired) electrons. The van der Waals surface area contributed by atoms with Crippen LogP contribution in [0.25, 0.3) is 0 Å². The summed E-state index contributed by atoms with van der Waals surface area (Å²) in [6.07, 6.45) is 7.63. The monoisotopic (exact) mass is 150 g/mol. The van der Waals surface area contributed by atoms with Crippen molar-refractivity contribution in [3.63, 3.8) is 0 Å². The van der Waals surface area contributed by atoms with Gasteiger partial charge in [0.2, 0.25) is 0 Å². The Morgan fingerprint density at radius 2 is 2.00 bits per heavy atom. The molecule has 11 heavy (non-hydrogen) atoms. The van der Waals surface area contributed by atoms with Crippen LogP contribution in [0.15, 0.2) is 18.6 Å². The molecule has 60 valence electrons. The molecule has 0 N–H and O–H groups in total. The van der Waals surface area contributed by atoms with Crippen molar-refractivity contribution in [2.45, 2.75) is 32.6 Å². The molecule has 0 aliphatic rings. The molecule has 1 aromatic rings. The van der Waals surface area contributed by atoms with Crippen LogP contribution in [-0.4, -0.2) is 9.97 Å². The van der Waals surface area contributed by atoms with Crippen LogP contribution >= 0.6 is 0 Å². The van der Waals surface area contributed by atoms with Gasteiger partial charge in [-0.2, -0.15) is 0 Å². The highest BCUT2D eigenvalue weighted by atomic mass is 14.8. The quantitative estimate of drug-likeness (QED) is 0.661. The molecule has 1 rings (SSSR count). The van der Waals surface area contributed by atoms with E-state index in [-0.39, 0.29) is 0 Å². The van der Waals surface area contributed by atoms with Crippen molar-refractivity contribution >= 4 is 0 Å². The Morgan fingerprint density at radius 1 is 1.27 bits per heavy atom. The fraction of sp³-hybridized carbons (Fsp3) is 0.556. The third-order valence-electron chi connectivity index (χ3n) is 1.99. The van der Waals surface area contributed by atoms with E-state index in [1.54, 1.807) is 12.4 Å².